The summed E-state index contributed by atoms with van der Waals surface area (Å²) in [6.07, 6.45) is 6.63. The van der Waals surface area contributed by atoms with Crippen LogP contribution in [0.15, 0.2) is 18.7 Å². The molecule has 0 spiro atoms. The van der Waals surface area contributed by atoms with Crippen molar-refractivity contribution < 1.29 is 0 Å². The summed E-state index contributed by atoms with van der Waals surface area (Å²) >= 11 is 0. The van der Waals surface area contributed by atoms with E-state index in [-0.39, 0.29) is 0 Å². The van der Waals surface area contributed by atoms with Crippen LogP contribution in [0.4, 0.5) is 0 Å². The zero-order valence-electron chi connectivity index (χ0n) is 10.8. The largest absolute Gasteiger partial charge is 0.312 e. The van der Waals surface area contributed by atoms with Crippen LogP contribution in [0.1, 0.15) is 25.8 Å². The van der Waals surface area contributed by atoms with E-state index in [1.165, 1.54) is 19.5 Å². The van der Waals surface area contributed by atoms with Gasteiger partial charge in [0.25, 0.3) is 0 Å². The molecular weight excluding hydrogens is 212 g/mol. The zero-order chi connectivity index (χ0) is 12.1. The van der Waals surface area contributed by atoms with Crippen LogP contribution >= 0.6 is 0 Å². The summed E-state index contributed by atoms with van der Waals surface area (Å²) in [7, 11) is 0. The van der Waals surface area contributed by atoms with E-state index < -0.39 is 0 Å². The second-order valence-corrected chi connectivity index (χ2v) is 5.12. The van der Waals surface area contributed by atoms with Gasteiger partial charge in [0.05, 0.1) is 0 Å². The Balaban J connectivity index is 1.67. The minimum absolute atomic E-state index is 0.683. The minimum Gasteiger partial charge on any atom is -0.312 e. The summed E-state index contributed by atoms with van der Waals surface area (Å²) in [5, 5.41) is 3.50. The van der Waals surface area contributed by atoms with Crippen LogP contribution in [0, 0.1) is 5.92 Å². The van der Waals surface area contributed by atoms with Gasteiger partial charge in [-0.05, 0) is 39.3 Å². The lowest BCUT2D eigenvalue weighted by Gasteiger charge is -2.20. The first kappa shape index (κ1) is 12.5. The van der Waals surface area contributed by atoms with Gasteiger partial charge in [-0.3, -0.25) is 0 Å². The molecule has 2 heterocycles. The lowest BCUT2D eigenvalue weighted by Crippen LogP contribution is -2.30. The molecule has 0 saturated carbocycles. The number of hydrogen-bond donors (Lipinski definition) is 1. The smallest absolute Gasteiger partial charge is 0.115 e. The van der Waals surface area contributed by atoms with Crippen molar-refractivity contribution in [3.05, 3.63) is 24.3 Å². The summed E-state index contributed by atoms with van der Waals surface area (Å²) in [5.41, 5.74) is 1.16. The van der Waals surface area contributed by atoms with Crippen LogP contribution < -0.4 is 5.32 Å². The average molecular weight is 234 g/mol. The van der Waals surface area contributed by atoms with Crippen molar-refractivity contribution in [3.63, 3.8) is 0 Å². The normalized spacial score (nSPS) is 21.2. The Hall–Kier alpha value is -1.00. The number of hydrogen-bond acceptors (Lipinski definition) is 4. The Kier molecular flexibility index (Phi) is 4.45. The SMILES string of the molecule is CC(C)N1CCC(CNCc2cncnc2)C1. The quantitative estimate of drug-likeness (QED) is 0.833. The molecule has 0 aromatic carbocycles. The maximum absolute atomic E-state index is 4.01. The molecule has 1 saturated heterocycles. The number of rotatable bonds is 5. The lowest BCUT2D eigenvalue weighted by molar-refractivity contribution is 0.264. The molecule has 0 radical (unpaired) electrons. The van der Waals surface area contributed by atoms with Crippen LogP contribution in [0.3, 0.4) is 0 Å². The Morgan fingerprint density at radius 3 is 2.82 bits per heavy atom. The number of aromatic nitrogens is 2. The highest BCUT2D eigenvalue weighted by atomic mass is 15.2. The number of nitrogens with zero attached hydrogens (tertiary/aromatic N) is 3. The molecule has 2 rings (SSSR count). The van der Waals surface area contributed by atoms with E-state index in [9.17, 15) is 0 Å². The molecule has 1 unspecified atom stereocenters. The molecule has 94 valence electrons. The van der Waals surface area contributed by atoms with Crippen LogP contribution in [-0.2, 0) is 6.54 Å². The molecule has 1 fully saturated rings. The third kappa shape index (κ3) is 3.75. The molecular formula is C13H22N4. The first-order chi connectivity index (χ1) is 8.25. The summed E-state index contributed by atoms with van der Waals surface area (Å²) < 4.78 is 0. The predicted molar refractivity (Wildman–Crippen MR) is 68.6 cm³/mol. The minimum atomic E-state index is 0.683. The molecule has 0 amide bonds. The van der Waals surface area contributed by atoms with Crippen molar-refractivity contribution in [1.29, 1.82) is 0 Å². The molecule has 1 atom stereocenters. The highest BCUT2D eigenvalue weighted by Gasteiger charge is 2.23. The van der Waals surface area contributed by atoms with Crippen LogP contribution in [0.2, 0.25) is 0 Å². The number of nitrogens with one attached hydrogen (secondary N) is 1. The van der Waals surface area contributed by atoms with Gasteiger partial charge in [-0.2, -0.15) is 0 Å². The molecule has 1 aromatic heterocycles. The summed E-state index contributed by atoms with van der Waals surface area (Å²) in [4.78, 5) is 10.6. The van der Waals surface area contributed by atoms with Crippen molar-refractivity contribution in [2.45, 2.75) is 32.9 Å². The van der Waals surface area contributed by atoms with Crippen molar-refractivity contribution >= 4 is 0 Å². The lowest BCUT2D eigenvalue weighted by atomic mass is 10.1. The average Bonchev–Trinajstić information content (AvgIpc) is 2.79. The van der Waals surface area contributed by atoms with Gasteiger partial charge in [-0.1, -0.05) is 0 Å². The zero-order valence-corrected chi connectivity index (χ0v) is 10.8. The first-order valence-electron chi connectivity index (χ1n) is 6.44. The highest BCUT2D eigenvalue weighted by Crippen LogP contribution is 2.17. The van der Waals surface area contributed by atoms with E-state index in [2.05, 4.69) is 34.0 Å². The van der Waals surface area contributed by atoms with Crippen molar-refractivity contribution in [3.8, 4) is 0 Å². The van der Waals surface area contributed by atoms with Crippen molar-refractivity contribution in [1.82, 2.24) is 20.2 Å². The molecule has 1 N–H and O–H groups in total. The van der Waals surface area contributed by atoms with E-state index in [4.69, 9.17) is 0 Å². The molecule has 1 aromatic rings. The Bertz CT molecular complexity index is 325. The van der Waals surface area contributed by atoms with Crippen LogP contribution in [-0.4, -0.2) is 40.5 Å². The Morgan fingerprint density at radius 2 is 2.18 bits per heavy atom. The number of likely N-dealkylation sites (tertiary alicyclic amines) is 1. The van der Waals surface area contributed by atoms with Gasteiger partial charge >= 0.3 is 0 Å². The molecule has 0 aliphatic carbocycles. The molecule has 4 heteroatoms. The maximum atomic E-state index is 4.01. The maximum Gasteiger partial charge on any atom is 0.115 e. The fourth-order valence-electron chi connectivity index (χ4n) is 2.34. The van der Waals surface area contributed by atoms with Crippen LogP contribution in [0.5, 0.6) is 0 Å². The van der Waals surface area contributed by atoms with Gasteiger partial charge in [0.2, 0.25) is 0 Å². The third-order valence-electron chi connectivity index (χ3n) is 3.42. The van der Waals surface area contributed by atoms with Gasteiger partial charge in [-0.25, -0.2) is 9.97 Å². The van der Waals surface area contributed by atoms with E-state index >= 15 is 0 Å². The van der Waals surface area contributed by atoms with Gasteiger partial charge in [0.1, 0.15) is 6.33 Å². The Morgan fingerprint density at radius 1 is 1.41 bits per heavy atom. The van der Waals surface area contributed by atoms with E-state index in [0.717, 1.165) is 24.6 Å². The summed E-state index contributed by atoms with van der Waals surface area (Å²) in [6, 6.07) is 0.683. The molecule has 1 aliphatic rings. The van der Waals surface area contributed by atoms with Gasteiger partial charge < -0.3 is 10.2 Å². The van der Waals surface area contributed by atoms with E-state index in [1.54, 1.807) is 6.33 Å². The summed E-state index contributed by atoms with van der Waals surface area (Å²) in [6.45, 7) is 9.00. The van der Waals surface area contributed by atoms with E-state index in [1.807, 2.05) is 12.4 Å². The molecule has 17 heavy (non-hydrogen) atoms. The standard InChI is InChI=1S/C13H22N4/c1-11(2)17-4-3-12(9-17)5-14-6-13-7-15-10-16-8-13/h7-8,10-12,14H,3-6,9H2,1-2H3. The van der Waals surface area contributed by atoms with E-state index in [0.29, 0.717) is 6.04 Å². The predicted octanol–water partition coefficient (Wildman–Crippen LogP) is 1.30. The topological polar surface area (TPSA) is 41.0 Å². The van der Waals surface area contributed by atoms with Crippen molar-refractivity contribution in [2.24, 2.45) is 5.92 Å². The molecule has 0 bridgehead atoms. The highest BCUT2D eigenvalue weighted by molar-refractivity contribution is 5.01. The molecule has 1 aliphatic heterocycles. The first-order valence-corrected chi connectivity index (χ1v) is 6.44. The second kappa shape index (κ2) is 6.07. The monoisotopic (exact) mass is 234 g/mol. The summed E-state index contributed by atoms with van der Waals surface area (Å²) in [5.74, 6) is 0.794. The van der Waals surface area contributed by atoms with Gasteiger partial charge in [0, 0.05) is 37.1 Å². The fourth-order valence-corrected chi connectivity index (χ4v) is 2.34. The Labute approximate surface area is 103 Å². The second-order valence-electron chi connectivity index (χ2n) is 5.12. The fraction of sp³-hybridized carbons (Fsp3) is 0.692. The molecule has 4 nitrogen and oxygen atoms in total. The van der Waals surface area contributed by atoms with Gasteiger partial charge in [0.15, 0.2) is 0 Å². The van der Waals surface area contributed by atoms with Crippen molar-refractivity contribution in [2.75, 3.05) is 19.6 Å². The van der Waals surface area contributed by atoms with Crippen LogP contribution in [0.25, 0.3) is 0 Å². The van der Waals surface area contributed by atoms with Gasteiger partial charge in [-0.15, -0.1) is 0 Å². The third-order valence-corrected chi connectivity index (χ3v) is 3.42.